The topological polar surface area (TPSA) is 95.5 Å². The van der Waals surface area contributed by atoms with Gasteiger partial charge < -0.3 is 4.74 Å². The van der Waals surface area contributed by atoms with Crippen LogP contribution in [0.1, 0.15) is 5.56 Å². The van der Waals surface area contributed by atoms with Crippen LogP contribution in [0.15, 0.2) is 18.2 Å². The summed E-state index contributed by atoms with van der Waals surface area (Å²) in [5, 5.41) is 21.2. The number of rotatable bonds is 4. The minimum Gasteiger partial charge on any atom is -0.380 e. The summed E-state index contributed by atoms with van der Waals surface area (Å²) in [5.41, 5.74) is -0.837. The molecule has 0 heterocycles. The number of nitrogens with zero attached hydrogens (tertiary/aromatic N) is 2. The zero-order chi connectivity index (χ0) is 11.4. The molecule has 0 spiro atoms. The van der Waals surface area contributed by atoms with Crippen molar-refractivity contribution in [1.29, 1.82) is 0 Å². The largest absolute Gasteiger partial charge is 0.380 e. The molecule has 0 aromatic heterocycles. The van der Waals surface area contributed by atoms with Gasteiger partial charge in [-0.25, -0.2) is 0 Å². The quantitative estimate of drug-likeness (QED) is 0.558. The highest BCUT2D eigenvalue weighted by atomic mass is 16.6. The molecule has 0 unspecified atom stereocenters. The first-order chi connectivity index (χ1) is 7.07. The van der Waals surface area contributed by atoms with Crippen molar-refractivity contribution >= 4 is 11.4 Å². The zero-order valence-electron chi connectivity index (χ0n) is 7.87. The minimum atomic E-state index is -0.780. The molecule has 1 aromatic carbocycles. The molecule has 80 valence electrons. The first-order valence-corrected chi connectivity index (χ1v) is 3.97. The van der Waals surface area contributed by atoms with Gasteiger partial charge in [0.25, 0.3) is 0 Å². The standard InChI is InChI=1S/C8H8N2O5/c1-15-5-6-3-2-4-7(9(11)12)8(6)10(13)14/h2-4H,5H2,1H3. The zero-order valence-corrected chi connectivity index (χ0v) is 7.87. The second-order valence-electron chi connectivity index (χ2n) is 2.73. The lowest BCUT2D eigenvalue weighted by Crippen LogP contribution is -2.01. The molecule has 0 fully saturated rings. The van der Waals surface area contributed by atoms with Crippen molar-refractivity contribution in [2.45, 2.75) is 6.61 Å². The van der Waals surface area contributed by atoms with Crippen molar-refractivity contribution in [2.75, 3.05) is 7.11 Å². The third kappa shape index (κ3) is 2.26. The maximum Gasteiger partial charge on any atom is 0.351 e. The van der Waals surface area contributed by atoms with Gasteiger partial charge in [0, 0.05) is 13.2 Å². The molecule has 1 aromatic rings. The van der Waals surface area contributed by atoms with E-state index < -0.39 is 21.2 Å². The van der Waals surface area contributed by atoms with Crippen LogP contribution in [0.3, 0.4) is 0 Å². The van der Waals surface area contributed by atoms with Crippen molar-refractivity contribution in [1.82, 2.24) is 0 Å². The first-order valence-electron chi connectivity index (χ1n) is 3.97. The van der Waals surface area contributed by atoms with Crippen LogP contribution >= 0.6 is 0 Å². The molecule has 0 radical (unpaired) electrons. The predicted octanol–water partition coefficient (Wildman–Crippen LogP) is 1.65. The van der Waals surface area contributed by atoms with Gasteiger partial charge in [0.2, 0.25) is 0 Å². The fraction of sp³-hybridized carbons (Fsp3) is 0.250. The molecular weight excluding hydrogens is 204 g/mol. The fourth-order valence-electron chi connectivity index (χ4n) is 1.21. The van der Waals surface area contributed by atoms with Crippen molar-refractivity contribution in [3.05, 3.63) is 44.0 Å². The van der Waals surface area contributed by atoms with Crippen LogP contribution in [0.4, 0.5) is 11.4 Å². The summed E-state index contributed by atoms with van der Waals surface area (Å²) < 4.78 is 4.73. The lowest BCUT2D eigenvalue weighted by Gasteiger charge is -2.01. The molecule has 0 aliphatic heterocycles. The van der Waals surface area contributed by atoms with Crippen LogP contribution in [-0.2, 0) is 11.3 Å². The number of benzene rings is 1. The van der Waals surface area contributed by atoms with E-state index in [1.54, 1.807) is 0 Å². The van der Waals surface area contributed by atoms with E-state index >= 15 is 0 Å². The molecule has 0 aliphatic carbocycles. The van der Waals surface area contributed by atoms with Gasteiger partial charge in [-0.1, -0.05) is 6.07 Å². The van der Waals surface area contributed by atoms with Gasteiger partial charge in [0.05, 0.1) is 22.0 Å². The van der Waals surface area contributed by atoms with Gasteiger partial charge >= 0.3 is 11.4 Å². The summed E-state index contributed by atoms with van der Waals surface area (Å²) in [5.74, 6) is 0. The Bertz CT molecular complexity index is 404. The smallest absolute Gasteiger partial charge is 0.351 e. The summed E-state index contributed by atoms with van der Waals surface area (Å²) in [7, 11) is 1.36. The Hall–Kier alpha value is -2.02. The lowest BCUT2D eigenvalue weighted by atomic mass is 10.1. The predicted molar refractivity (Wildman–Crippen MR) is 50.5 cm³/mol. The van der Waals surface area contributed by atoms with E-state index in [0.717, 1.165) is 6.07 Å². The summed E-state index contributed by atoms with van der Waals surface area (Å²) in [6.07, 6.45) is 0. The van der Waals surface area contributed by atoms with Crippen molar-refractivity contribution in [3.63, 3.8) is 0 Å². The highest BCUT2D eigenvalue weighted by molar-refractivity contribution is 5.57. The number of hydrogen-bond donors (Lipinski definition) is 0. The molecule has 0 N–H and O–H groups in total. The number of nitro groups is 2. The van der Waals surface area contributed by atoms with Crippen molar-refractivity contribution in [2.24, 2.45) is 0 Å². The Morgan fingerprint density at radius 3 is 2.40 bits per heavy atom. The number of nitro benzene ring substituents is 2. The van der Waals surface area contributed by atoms with Crippen molar-refractivity contribution < 1.29 is 14.6 Å². The molecule has 0 bridgehead atoms. The Labute approximate surface area is 84.6 Å². The van der Waals surface area contributed by atoms with Gasteiger partial charge in [-0.2, -0.15) is 0 Å². The van der Waals surface area contributed by atoms with Crippen LogP contribution < -0.4 is 0 Å². The molecule has 7 heteroatoms. The normalized spacial score (nSPS) is 9.93. The van der Waals surface area contributed by atoms with Gasteiger partial charge in [0.1, 0.15) is 0 Å². The molecule has 1 rings (SSSR count). The van der Waals surface area contributed by atoms with E-state index in [2.05, 4.69) is 0 Å². The second kappa shape index (κ2) is 4.47. The average Bonchev–Trinajstić information content (AvgIpc) is 2.17. The minimum absolute atomic E-state index is 0.0298. The molecule has 0 aliphatic rings. The maximum atomic E-state index is 10.7. The molecule has 15 heavy (non-hydrogen) atoms. The number of methoxy groups -OCH3 is 1. The molecule has 0 atom stereocenters. The summed E-state index contributed by atoms with van der Waals surface area (Å²) in [6, 6.07) is 3.91. The van der Waals surface area contributed by atoms with Crippen molar-refractivity contribution in [3.8, 4) is 0 Å². The van der Waals surface area contributed by atoms with E-state index in [4.69, 9.17) is 4.74 Å². The Balaban J connectivity index is 3.34. The third-order valence-corrected chi connectivity index (χ3v) is 1.78. The van der Waals surface area contributed by atoms with E-state index in [9.17, 15) is 20.2 Å². The van der Waals surface area contributed by atoms with Gasteiger partial charge in [-0.15, -0.1) is 0 Å². The van der Waals surface area contributed by atoms with Crippen LogP contribution in [0.25, 0.3) is 0 Å². The van der Waals surface area contributed by atoms with Gasteiger partial charge in [0.15, 0.2) is 0 Å². The third-order valence-electron chi connectivity index (χ3n) is 1.78. The molecule has 0 saturated heterocycles. The van der Waals surface area contributed by atoms with E-state index in [-0.39, 0.29) is 12.2 Å². The van der Waals surface area contributed by atoms with Gasteiger partial charge in [-0.3, -0.25) is 20.2 Å². The lowest BCUT2D eigenvalue weighted by molar-refractivity contribution is -0.423. The Morgan fingerprint density at radius 2 is 1.93 bits per heavy atom. The van der Waals surface area contributed by atoms with Crippen LogP contribution in [0, 0.1) is 20.2 Å². The highest BCUT2D eigenvalue weighted by Crippen LogP contribution is 2.30. The highest BCUT2D eigenvalue weighted by Gasteiger charge is 2.27. The van der Waals surface area contributed by atoms with E-state index in [1.807, 2.05) is 0 Å². The molecular formula is C8H8N2O5. The SMILES string of the molecule is COCc1cccc([N+](=O)[O-])c1[N+](=O)[O-]. The summed E-state index contributed by atoms with van der Waals surface area (Å²) in [6.45, 7) is -0.0298. The Morgan fingerprint density at radius 1 is 1.27 bits per heavy atom. The monoisotopic (exact) mass is 212 g/mol. The number of para-hydroxylation sites is 1. The second-order valence-corrected chi connectivity index (χ2v) is 2.73. The first kappa shape index (κ1) is 11.1. The fourth-order valence-corrected chi connectivity index (χ4v) is 1.21. The summed E-state index contributed by atoms with van der Waals surface area (Å²) >= 11 is 0. The average molecular weight is 212 g/mol. The van der Waals surface area contributed by atoms with E-state index in [0.29, 0.717) is 0 Å². The number of hydrogen-bond acceptors (Lipinski definition) is 5. The molecule has 7 nitrogen and oxygen atoms in total. The van der Waals surface area contributed by atoms with E-state index in [1.165, 1.54) is 19.2 Å². The van der Waals surface area contributed by atoms with Gasteiger partial charge in [-0.05, 0) is 6.07 Å². The summed E-state index contributed by atoms with van der Waals surface area (Å²) in [4.78, 5) is 19.7. The number of ether oxygens (including phenoxy) is 1. The van der Waals surface area contributed by atoms with Crippen LogP contribution in [-0.4, -0.2) is 17.0 Å². The van der Waals surface area contributed by atoms with Crippen LogP contribution in [0.2, 0.25) is 0 Å². The van der Waals surface area contributed by atoms with Crippen LogP contribution in [0.5, 0.6) is 0 Å². The maximum absolute atomic E-state index is 10.7. The molecule has 0 saturated carbocycles. The Kier molecular flexibility index (Phi) is 3.29. The molecule has 0 amide bonds.